The van der Waals surface area contributed by atoms with Crippen molar-refractivity contribution in [2.24, 2.45) is 5.92 Å². The van der Waals surface area contributed by atoms with E-state index in [1.165, 1.54) is 5.56 Å². The third-order valence-electron chi connectivity index (χ3n) is 3.81. The normalized spacial score (nSPS) is 20.7. The van der Waals surface area contributed by atoms with Gasteiger partial charge in [-0.2, -0.15) is 0 Å². The molecule has 1 aliphatic carbocycles. The van der Waals surface area contributed by atoms with E-state index in [9.17, 15) is 4.79 Å². The van der Waals surface area contributed by atoms with Crippen molar-refractivity contribution < 1.29 is 4.79 Å². The van der Waals surface area contributed by atoms with Gasteiger partial charge < -0.3 is 0 Å². The molecule has 20 heavy (non-hydrogen) atoms. The van der Waals surface area contributed by atoms with Gasteiger partial charge in [0.1, 0.15) is 5.78 Å². The van der Waals surface area contributed by atoms with Gasteiger partial charge in [-0.05, 0) is 35.6 Å². The molecule has 1 nitrogen and oxygen atoms in total. The summed E-state index contributed by atoms with van der Waals surface area (Å²) in [5, 5.41) is 1.17. The van der Waals surface area contributed by atoms with Gasteiger partial charge in [-0.25, -0.2) is 0 Å². The average Bonchev–Trinajstić information content (AvgIpc) is 3.23. The van der Waals surface area contributed by atoms with E-state index in [0.29, 0.717) is 22.4 Å². The lowest BCUT2D eigenvalue weighted by Crippen LogP contribution is -2.06. The maximum absolute atomic E-state index is 12.3. The highest BCUT2D eigenvalue weighted by molar-refractivity contribution is 6.35. The molecule has 0 N–H and O–H groups in total. The van der Waals surface area contributed by atoms with Crippen LogP contribution < -0.4 is 0 Å². The number of carbonyl (C=O) groups excluding carboxylic acids is 1. The molecule has 0 aliphatic heterocycles. The van der Waals surface area contributed by atoms with E-state index in [0.717, 1.165) is 12.0 Å². The molecule has 0 saturated heterocycles. The predicted molar refractivity (Wildman–Crippen MR) is 82.5 cm³/mol. The Bertz CT molecular complexity index is 637. The Hall–Kier alpha value is -1.31. The van der Waals surface area contributed by atoms with Gasteiger partial charge in [0, 0.05) is 22.4 Å². The molecule has 0 heterocycles. The zero-order chi connectivity index (χ0) is 14.1. The molecule has 102 valence electrons. The number of carbonyl (C=O) groups is 1. The molecule has 0 bridgehead atoms. The first kappa shape index (κ1) is 13.7. The zero-order valence-corrected chi connectivity index (χ0v) is 12.4. The fraction of sp³-hybridized carbons (Fsp3) is 0.235. The van der Waals surface area contributed by atoms with Gasteiger partial charge in [0.15, 0.2) is 0 Å². The van der Waals surface area contributed by atoms with E-state index in [4.69, 9.17) is 23.2 Å². The summed E-state index contributed by atoms with van der Waals surface area (Å²) in [7, 11) is 0. The van der Waals surface area contributed by atoms with Gasteiger partial charge in [-0.3, -0.25) is 4.79 Å². The highest BCUT2D eigenvalue weighted by atomic mass is 35.5. The summed E-state index contributed by atoms with van der Waals surface area (Å²) in [6, 6.07) is 15.5. The molecule has 2 atom stereocenters. The number of hydrogen-bond acceptors (Lipinski definition) is 1. The lowest BCUT2D eigenvalue weighted by Gasteiger charge is -2.04. The molecule has 1 saturated carbocycles. The second-order valence-electron chi connectivity index (χ2n) is 5.24. The minimum absolute atomic E-state index is 0.143. The molecule has 3 rings (SSSR count). The van der Waals surface area contributed by atoms with Gasteiger partial charge in [0.25, 0.3) is 0 Å². The van der Waals surface area contributed by atoms with E-state index < -0.39 is 0 Å². The Kier molecular flexibility index (Phi) is 3.82. The summed E-state index contributed by atoms with van der Waals surface area (Å²) >= 11 is 12.0. The molecule has 2 aromatic carbocycles. The molecule has 2 aromatic rings. The standard InChI is InChI=1S/C17H14Cl2O/c18-13-7-6-12(16(19)9-13)8-17(20)15-10-14(15)11-4-2-1-3-5-11/h1-7,9,14-15H,8,10H2. The molecule has 3 heteroatoms. The molecule has 0 spiro atoms. The summed E-state index contributed by atoms with van der Waals surface area (Å²) in [4.78, 5) is 12.3. The van der Waals surface area contributed by atoms with Crippen LogP contribution in [-0.2, 0) is 11.2 Å². The molecular weight excluding hydrogens is 291 g/mol. The Labute approximate surface area is 128 Å². The maximum Gasteiger partial charge on any atom is 0.141 e. The van der Waals surface area contributed by atoms with Crippen LogP contribution >= 0.6 is 23.2 Å². The first-order valence-electron chi connectivity index (χ1n) is 6.67. The monoisotopic (exact) mass is 304 g/mol. The smallest absolute Gasteiger partial charge is 0.141 e. The topological polar surface area (TPSA) is 17.1 Å². The summed E-state index contributed by atoms with van der Waals surface area (Å²) in [6.45, 7) is 0. The number of hydrogen-bond donors (Lipinski definition) is 0. The lowest BCUT2D eigenvalue weighted by molar-refractivity contribution is -0.119. The zero-order valence-electron chi connectivity index (χ0n) is 10.9. The van der Waals surface area contributed by atoms with Crippen LogP contribution in [0.3, 0.4) is 0 Å². The number of rotatable bonds is 4. The SMILES string of the molecule is O=C(Cc1ccc(Cl)cc1Cl)C1CC1c1ccccc1. The van der Waals surface area contributed by atoms with Gasteiger partial charge in [-0.15, -0.1) is 0 Å². The third kappa shape index (κ3) is 2.89. The van der Waals surface area contributed by atoms with Crippen molar-refractivity contribution in [1.82, 2.24) is 0 Å². The lowest BCUT2D eigenvalue weighted by atomic mass is 10.0. The second-order valence-corrected chi connectivity index (χ2v) is 6.08. The number of benzene rings is 2. The summed E-state index contributed by atoms with van der Waals surface area (Å²) < 4.78 is 0. The van der Waals surface area contributed by atoms with E-state index in [2.05, 4.69) is 12.1 Å². The van der Waals surface area contributed by atoms with Gasteiger partial charge >= 0.3 is 0 Å². The minimum atomic E-state index is 0.143. The highest BCUT2D eigenvalue weighted by Crippen LogP contribution is 2.48. The second kappa shape index (κ2) is 5.59. The van der Waals surface area contributed by atoms with E-state index >= 15 is 0 Å². The third-order valence-corrected chi connectivity index (χ3v) is 4.40. The van der Waals surface area contributed by atoms with Crippen molar-refractivity contribution in [2.45, 2.75) is 18.8 Å². The summed E-state index contributed by atoms with van der Waals surface area (Å²) in [5.41, 5.74) is 2.12. The van der Waals surface area contributed by atoms with Crippen LogP contribution in [0.4, 0.5) is 0 Å². The van der Waals surface area contributed by atoms with Crippen molar-refractivity contribution in [2.75, 3.05) is 0 Å². The summed E-state index contributed by atoms with van der Waals surface area (Å²) in [5.74, 6) is 0.794. The maximum atomic E-state index is 12.3. The van der Waals surface area contributed by atoms with Crippen LogP contribution in [0.15, 0.2) is 48.5 Å². The number of ketones is 1. The Balaban J connectivity index is 1.67. The molecular formula is C17H14Cl2O. The number of halogens is 2. The first-order chi connectivity index (χ1) is 9.65. The van der Waals surface area contributed by atoms with Crippen LogP contribution in [0.2, 0.25) is 10.0 Å². The molecule has 0 amide bonds. The molecule has 1 aliphatic rings. The van der Waals surface area contributed by atoms with Crippen LogP contribution in [0.1, 0.15) is 23.5 Å². The van der Waals surface area contributed by atoms with Crippen LogP contribution in [0.5, 0.6) is 0 Å². The van der Waals surface area contributed by atoms with Crippen molar-refractivity contribution >= 4 is 29.0 Å². The summed E-state index contributed by atoms with van der Waals surface area (Å²) in [6.07, 6.45) is 1.35. The predicted octanol–water partition coefficient (Wildman–Crippen LogP) is 4.91. The van der Waals surface area contributed by atoms with E-state index in [-0.39, 0.29) is 11.7 Å². The van der Waals surface area contributed by atoms with E-state index in [1.807, 2.05) is 24.3 Å². The molecule has 0 aromatic heterocycles. The Morgan fingerprint density at radius 1 is 1.10 bits per heavy atom. The largest absolute Gasteiger partial charge is 0.299 e. The van der Waals surface area contributed by atoms with Gasteiger partial charge in [0.2, 0.25) is 0 Å². The Morgan fingerprint density at radius 3 is 2.55 bits per heavy atom. The molecule has 0 radical (unpaired) electrons. The molecule has 1 fully saturated rings. The van der Waals surface area contributed by atoms with Crippen LogP contribution in [0.25, 0.3) is 0 Å². The number of Topliss-reactive ketones (excluding diaryl/α,β-unsaturated/α-hetero) is 1. The highest BCUT2D eigenvalue weighted by Gasteiger charge is 2.43. The quantitative estimate of drug-likeness (QED) is 0.784. The minimum Gasteiger partial charge on any atom is -0.299 e. The fourth-order valence-electron chi connectivity index (χ4n) is 2.60. The van der Waals surface area contributed by atoms with E-state index in [1.54, 1.807) is 12.1 Å². The van der Waals surface area contributed by atoms with Crippen molar-refractivity contribution in [3.05, 3.63) is 69.7 Å². The Morgan fingerprint density at radius 2 is 1.85 bits per heavy atom. The van der Waals surface area contributed by atoms with Crippen molar-refractivity contribution in [1.29, 1.82) is 0 Å². The van der Waals surface area contributed by atoms with Gasteiger partial charge in [-0.1, -0.05) is 59.6 Å². The van der Waals surface area contributed by atoms with Gasteiger partial charge in [0.05, 0.1) is 0 Å². The van der Waals surface area contributed by atoms with Crippen molar-refractivity contribution in [3.8, 4) is 0 Å². The first-order valence-corrected chi connectivity index (χ1v) is 7.42. The van der Waals surface area contributed by atoms with Crippen molar-refractivity contribution in [3.63, 3.8) is 0 Å². The van der Waals surface area contributed by atoms with Crippen LogP contribution in [-0.4, -0.2) is 5.78 Å². The fourth-order valence-corrected chi connectivity index (χ4v) is 3.08. The average molecular weight is 305 g/mol. The van der Waals surface area contributed by atoms with Crippen LogP contribution in [0, 0.1) is 5.92 Å². The molecule has 2 unspecified atom stereocenters.